The van der Waals surface area contributed by atoms with Crippen molar-refractivity contribution in [2.45, 2.75) is 25.3 Å². The number of ether oxygens (including phenoxy) is 1. The van der Waals surface area contributed by atoms with Gasteiger partial charge >= 0.3 is 0 Å². The van der Waals surface area contributed by atoms with E-state index < -0.39 is 0 Å². The fraction of sp³-hybridized carbons (Fsp3) is 0.185. The molecule has 0 unspecified atom stereocenters. The van der Waals surface area contributed by atoms with Gasteiger partial charge in [0.25, 0.3) is 11.6 Å². The van der Waals surface area contributed by atoms with Crippen LogP contribution < -0.4 is 10.1 Å². The average Bonchev–Trinajstić information content (AvgIpc) is 3.52. The van der Waals surface area contributed by atoms with E-state index in [9.17, 15) is 9.18 Å². The number of benzene rings is 2. The van der Waals surface area contributed by atoms with Crippen LogP contribution in [0.1, 0.15) is 40.4 Å². The van der Waals surface area contributed by atoms with Crippen LogP contribution in [0.3, 0.4) is 0 Å². The van der Waals surface area contributed by atoms with E-state index in [-0.39, 0.29) is 11.7 Å². The van der Waals surface area contributed by atoms with Crippen molar-refractivity contribution < 1.29 is 18.4 Å². The van der Waals surface area contributed by atoms with Crippen LogP contribution >= 0.6 is 0 Å². The zero-order valence-electron chi connectivity index (χ0n) is 19.4. The quantitative estimate of drug-likeness (QED) is 0.333. The first-order valence-corrected chi connectivity index (χ1v) is 11.6. The molecule has 8 nitrogen and oxygen atoms in total. The summed E-state index contributed by atoms with van der Waals surface area (Å²) in [6, 6.07) is 17.2. The molecular formula is C27H22FN5O3. The van der Waals surface area contributed by atoms with E-state index in [4.69, 9.17) is 9.26 Å². The Balaban J connectivity index is 1.32. The molecule has 0 bridgehead atoms. The molecule has 9 heteroatoms. The third-order valence-electron chi connectivity index (χ3n) is 6.21. The molecule has 1 fully saturated rings. The number of amides is 1. The van der Waals surface area contributed by atoms with E-state index in [1.54, 1.807) is 36.2 Å². The van der Waals surface area contributed by atoms with Gasteiger partial charge in [0.05, 0.1) is 24.6 Å². The monoisotopic (exact) mass is 483 g/mol. The van der Waals surface area contributed by atoms with Crippen molar-refractivity contribution in [2.75, 3.05) is 12.4 Å². The Morgan fingerprint density at radius 1 is 1.14 bits per heavy atom. The van der Waals surface area contributed by atoms with Crippen LogP contribution in [-0.4, -0.2) is 32.9 Å². The highest BCUT2D eigenvalue weighted by molar-refractivity contribution is 6.14. The topological polar surface area (TPSA) is 95.1 Å². The number of aromatic nitrogens is 4. The molecular weight excluding hydrogens is 461 g/mol. The average molecular weight is 484 g/mol. The molecule has 1 N–H and O–H groups in total. The number of pyridine rings is 1. The summed E-state index contributed by atoms with van der Waals surface area (Å²) < 4.78 is 25.7. The summed E-state index contributed by atoms with van der Waals surface area (Å²) in [5.41, 5.74) is 3.81. The fourth-order valence-corrected chi connectivity index (χ4v) is 4.16. The first-order valence-electron chi connectivity index (χ1n) is 11.6. The van der Waals surface area contributed by atoms with Crippen molar-refractivity contribution in [1.29, 1.82) is 0 Å². The van der Waals surface area contributed by atoms with Gasteiger partial charge in [-0.1, -0.05) is 17.3 Å². The van der Waals surface area contributed by atoms with Crippen LogP contribution in [0.15, 0.2) is 71.4 Å². The van der Waals surface area contributed by atoms with Crippen molar-refractivity contribution in [2.24, 2.45) is 0 Å². The van der Waals surface area contributed by atoms with Gasteiger partial charge in [0, 0.05) is 29.4 Å². The number of hydrogen-bond donors (Lipinski definition) is 1. The number of fused-ring (bicyclic) bond motifs is 1. The molecule has 3 heterocycles. The summed E-state index contributed by atoms with van der Waals surface area (Å²) in [7, 11) is 1.60. The molecule has 6 rings (SSSR count). The maximum Gasteiger partial charge on any atom is 0.259 e. The van der Waals surface area contributed by atoms with Crippen molar-refractivity contribution in [3.05, 3.63) is 89.5 Å². The number of rotatable bonds is 7. The minimum Gasteiger partial charge on any atom is -0.497 e. The van der Waals surface area contributed by atoms with Gasteiger partial charge in [-0.3, -0.25) is 9.48 Å². The van der Waals surface area contributed by atoms with Gasteiger partial charge in [0.2, 0.25) is 0 Å². The van der Waals surface area contributed by atoms with E-state index in [1.165, 1.54) is 12.1 Å². The molecule has 0 spiro atoms. The Bertz CT molecular complexity index is 1550. The molecule has 0 atom stereocenters. The summed E-state index contributed by atoms with van der Waals surface area (Å²) in [6.45, 7) is 0.453. The van der Waals surface area contributed by atoms with Crippen molar-refractivity contribution in [3.63, 3.8) is 0 Å². The van der Waals surface area contributed by atoms with Crippen LogP contribution in [0.2, 0.25) is 0 Å². The molecule has 0 aliphatic heterocycles. The molecule has 0 saturated heterocycles. The summed E-state index contributed by atoms with van der Waals surface area (Å²) >= 11 is 0. The molecule has 5 aromatic rings. The third-order valence-corrected chi connectivity index (χ3v) is 6.21. The number of halogens is 1. The lowest BCUT2D eigenvalue weighted by Gasteiger charge is -2.07. The highest BCUT2D eigenvalue weighted by atomic mass is 19.1. The van der Waals surface area contributed by atoms with Crippen LogP contribution in [0, 0.1) is 5.82 Å². The Hall–Kier alpha value is -4.53. The van der Waals surface area contributed by atoms with Gasteiger partial charge in [0.15, 0.2) is 5.82 Å². The molecule has 0 radical (unpaired) electrons. The number of carbonyl (C=O) groups is 1. The van der Waals surface area contributed by atoms with Gasteiger partial charge in [-0.25, -0.2) is 9.37 Å². The molecule has 3 aromatic heterocycles. The van der Waals surface area contributed by atoms with E-state index in [2.05, 4.69) is 20.6 Å². The summed E-state index contributed by atoms with van der Waals surface area (Å²) in [5, 5.41) is 12.1. The van der Waals surface area contributed by atoms with Gasteiger partial charge < -0.3 is 14.6 Å². The highest BCUT2D eigenvalue weighted by Crippen LogP contribution is 2.41. The molecule has 1 amide bonds. The van der Waals surface area contributed by atoms with Crippen molar-refractivity contribution in [1.82, 2.24) is 19.9 Å². The second-order valence-electron chi connectivity index (χ2n) is 8.79. The second-order valence-corrected chi connectivity index (χ2v) is 8.79. The number of carbonyl (C=O) groups excluding carboxylic acids is 1. The zero-order chi connectivity index (χ0) is 24.6. The van der Waals surface area contributed by atoms with E-state index >= 15 is 0 Å². The number of hydrogen-bond acceptors (Lipinski definition) is 6. The SMILES string of the molecule is COc1ccc(-c2noc3nc(C4CC4)cc(C(=O)Nc4ccn(Cc5ccc(F)cc5)n4)c23)cc1. The van der Waals surface area contributed by atoms with Crippen LogP contribution in [0.5, 0.6) is 5.75 Å². The molecule has 2 aromatic carbocycles. The Morgan fingerprint density at radius 3 is 2.64 bits per heavy atom. The van der Waals surface area contributed by atoms with Gasteiger partial charge in [-0.15, -0.1) is 0 Å². The fourth-order valence-electron chi connectivity index (χ4n) is 4.16. The normalized spacial score (nSPS) is 13.2. The summed E-state index contributed by atoms with van der Waals surface area (Å²) in [6.07, 6.45) is 3.83. The molecule has 1 aliphatic rings. The number of anilines is 1. The lowest BCUT2D eigenvalue weighted by atomic mass is 10.0. The van der Waals surface area contributed by atoms with Gasteiger partial charge in [-0.2, -0.15) is 5.10 Å². The maximum atomic E-state index is 13.5. The first-order chi connectivity index (χ1) is 17.6. The molecule has 36 heavy (non-hydrogen) atoms. The standard InChI is InChI=1S/C27H22FN5O3/c1-35-20-10-6-18(7-11-20)25-24-21(14-22(17-4-5-17)29-27(24)36-32-25)26(34)30-23-12-13-33(31-23)15-16-2-8-19(28)9-3-16/h2-3,6-14,17H,4-5,15H2,1H3,(H,30,31,34). The predicted octanol–water partition coefficient (Wildman–Crippen LogP) is 5.41. The van der Waals surface area contributed by atoms with Crippen LogP contribution in [0.4, 0.5) is 10.2 Å². The maximum absolute atomic E-state index is 13.5. The highest BCUT2D eigenvalue weighted by Gasteiger charge is 2.29. The Morgan fingerprint density at radius 2 is 1.92 bits per heavy atom. The van der Waals surface area contributed by atoms with Crippen molar-refractivity contribution in [3.8, 4) is 17.0 Å². The van der Waals surface area contributed by atoms with Gasteiger partial charge in [0.1, 0.15) is 17.3 Å². The molecule has 1 saturated carbocycles. The summed E-state index contributed by atoms with van der Waals surface area (Å²) in [4.78, 5) is 18.1. The minimum atomic E-state index is -0.325. The second kappa shape index (κ2) is 8.92. The van der Waals surface area contributed by atoms with Crippen LogP contribution in [0.25, 0.3) is 22.4 Å². The Kier molecular flexibility index (Phi) is 5.44. The smallest absolute Gasteiger partial charge is 0.259 e. The van der Waals surface area contributed by atoms with E-state index in [0.29, 0.717) is 40.6 Å². The number of nitrogens with one attached hydrogen (secondary N) is 1. The third kappa shape index (κ3) is 4.31. The van der Waals surface area contributed by atoms with Gasteiger partial charge in [-0.05, 0) is 60.9 Å². The number of methoxy groups -OCH3 is 1. The molecule has 180 valence electrons. The number of nitrogens with zero attached hydrogens (tertiary/aromatic N) is 4. The summed E-state index contributed by atoms with van der Waals surface area (Å²) in [5.74, 6) is 0.834. The van der Waals surface area contributed by atoms with Crippen molar-refractivity contribution >= 4 is 22.8 Å². The Labute approximate surface area is 205 Å². The van der Waals surface area contributed by atoms with Crippen LogP contribution in [-0.2, 0) is 6.54 Å². The lowest BCUT2D eigenvalue weighted by molar-refractivity contribution is 0.102. The lowest BCUT2D eigenvalue weighted by Crippen LogP contribution is -2.14. The minimum absolute atomic E-state index is 0.288. The zero-order valence-corrected chi connectivity index (χ0v) is 19.4. The predicted molar refractivity (Wildman–Crippen MR) is 131 cm³/mol. The van der Waals surface area contributed by atoms with E-state index in [1.807, 2.05) is 30.3 Å². The largest absolute Gasteiger partial charge is 0.497 e. The van der Waals surface area contributed by atoms with E-state index in [0.717, 1.165) is 35.4 Å². The first kappa shape index (κ1) is 22.0. The molecule has 1 aliphatic carbocycles.